The molecule has 21 heavy (non-hydrogen) atoms. The lowest BCUT2D eigenvalue weighted by atomic mass is 9.99. The minimum absolute atomic E-state index is 0.0429. The van der Waals surface area contributed by atoms with Crippen molar-refractivity contribution in [3.8, 4) is 0 Å². The Labute approximate surface area is 125 Å². The zero-order chi connectivity index (χ0) is 15.2. The van der Waals surface area contributed by atoms with Gasteiger partial charge in [0.15, 0.2) is 10.8 Å². The van der Waals surface area contributed by atoms with Gasteiger partial charge in [0.25, 0.3) is 10.0 Å². The fourth-order valence-electron chi connectivity index (χ4n) is 3.52. The Morgan fingerprint density at radius 3 is 2.76 bits per heavy atom. The van der Waals surface area contributed by atoms with E-state index in [4.69, 9.17) is 5.73 Å². The number of piperidine rings is 1. The van der Waals surface area contributed by atoms with E-state index in [-0.39, 0.29) is 16.9 Å². The van der Waals surface area contributed by atoms with Crippen molar-refractivity contribution in [2.75, 3.05) is 25.4 Å². The molecule has 0 saturated carbocycles. The van der Waals surface area contributed by atoms with E-state index in [2.05, 4.69) is 9.88 Å². The Morgan fingerprint density at radius 1 is 1.33 bits per heavy atom. The third kappa shape index (κ3) is 2.45. The minimum atomic E-state index is -3.60. The molecule has 2 N–H and O–H groups in total. The van der Waals surface area contributed by atoms with Gasteiger partial charge in [-0.2, -0.15) is 4.31 Å². The SMILES string of the molecule is CC1CN2CCCCC2CN1S(=O)(=O)c1c(N)ncn1C. The van der Waals surface area contributed by atoms with Gasteiger partial charge in [0, 0.05) is 32.2 Å². The van der Waals surface area contributed by atoms with E-state index >= 15 is 0 Å². The molecule has 1 aromatic heterocycles. The van der Waals surface area contributed by atoms with Gasteiger partial charge in [0.1, 0.15) is 0 Å². The van der Waals surface area contributed by atoms with Crippen LogP contribution in [0.3, 0.4) is 0 Å². The number of sulfonamides is 1. The van der Waals surface area contributed by atoms with Gasteiger partial charge < -0.3 is 10.3 Å². The molecular weight excluding hydrogens is 290 g/mol. The third-order valence-corrected chi connectivity index (χ3v) is 6.70. The maximum atomic E-state index is 12.9. The highest BCUT2D eigenvalue weighted by Gasteiger charge is 2.41. The van der Waals surface area contributed by atoms with Crippen LogP contribution in [0, 0.1) is 0 Å². The fraction of sp³-hybridized carbons (Fsp3) is 0.769. The van der Waals surface area contributed by atoms with Gasteiger partial charge in [0.05, 0.1) is 6.33 Å². The number of hydrogen-bond donors (Lipinski definition) is 1. The highest BCUT2D eigenvalue weighted by Crippen LogP contribution is 2.29. The average molecular weight is 313 g/mol. The quantitative estimate of drug-likeness (QED) is 0.846. The molecular formula is C13H23N5O2S. The van der Waals surface area contributed by atoms with Gasteiger partial charge in [-0.3, -0.25) is 4.90 Å². The summed E-state index contributed by atoms with van der Waals surface area (Å²) in [7, 11) is -1.93. The van der Waals surface area contributed by atoms with Crippen LogP contribution in [-0.4, -0.2) is 58.9 Å². The first-order chi connectivity index (χ1) is 9.91. The lowest BCUT2D eigenvalue weighted by molar-refractivity contribution is 0.0562. The summed E-state index contributed by atoms with van der Waals surface area (Å²) < 4.78 is 29.0. The molecule has 0 aromatic carbocycles. The first-order valence-electron chi connectivity index (χ1n) is 7.44. The molecule has 0 radical (unpaired) electrons. The molecule has 2 unspecified atom stereocenters. The monoisotopic (exact) mass is 313 g/mol. The number of anilines is 1. The minimum Gasteiger partial charge on any atom is -0.381 e. The molecule has 1 aromatic rings. The second-order valence-electron chi connectivity index (χ2n) is 6.11. The van der Waals surface area contributed by atoms with Crippen LogP contribution in [0.25, 0.3) is 0 Å². The van der Waals surface area contributed by atoms with Gasteiger partial charge in [-0.1, -0.05) is 6.42 Å². The van der Waals surface area contributed by atoms with Crippen LogP contribution >= 0.6 is 0 Å². The van der Waals surface area contributed by atoms with Crippen molar-refractivity contribution in [2.24, 2.45) is 7.05 Å². The van der Waals surface area contributed by atoms with Gasteiger partial charge in [-0.15, -0.1) is 0 Å². The number of piperazine rings is 1. The molecule has 3 rings (SSSR count). The Hall–Kier alpha value is -1.12. The molecule has 0 amide bonds. The standard InChI is InChI=1S/C13H23N5O2S/c1-10-7-17-6-4-3-5-11(17)8-18(10)21(19,20)13-12(14)15-9-16(13)2/h9-11H,3-8,14H2,1-2H3. The highest BCUT2D eigenvalue weighted by molar-refractivity contribution is 7.89. The van der Waals surface area contributed by atoms with Crippen LogP contribution in [0.5, 0.6) is 0 Å². The van der Waals surface area contributed by atoms with Crippen molar-refractivity contribution in [3.05, 3.63) is 6.33 Å². The molecule has 2 aliphatic heterocycles. The molecule has 2 aliphatic rings. The van der Waals surface area contributed by atoms with Crippen LogP contribution < -0.4 is 5.73 Å². The summed E-state index contributed by atoms with van der Waals surface area (Å²) in [6, 6.07) is 0.290. The second kappa shape index (κ2) is 5.26. The van der Waals surface area contributed by atoms with Gasteiger partial charge >= 0.3 is 0 Å². The molecule has 2 atom stereocenters. The van der Waals surface area contributed by atoms with E-state index in [0.29, 0.717) is 12.6 Å². The van der Waals surface area contributed by atoms with E-state index in [9.17, 15) is 8.42 Å². The molecule has 0 bridgehead atoms. The Morgan fingerprint density at radius 2 is 2.10 bits per heavy atom. The predicted octanol–water partition coefficient (Wildman–Crippen LogP) is 0.250. The topological polar surface area (TPSA) is 84.5 Å². The number of aryl methyl sites for hydroxylation is 1. The van der Waals surface area contributed by atoms with Gasteiger partial charge in [-0.05, 0) is 26.3 Å². The van der Waals surface area contributed by atoms with Crippen LogP contribution in [0.15, 0.2) is 11.4 Å². The lowest BCUT2D eigenvalue weighted by Crippen LogP contribution is -2.60. The van der Waals surface area contributed by atoms with Crippen molar-refractivity contribution in [1.29, 1.82) is 0 Å². The molecule has 8 heteroatoms. The number of hydrogen-bond acceptors (Lipinski definition) is 5. The molecule has 2 fully saturated rings. The zero-order valence-corrected chi connectivity index (χ0v) is 13.4. The Kier molecular flexibility index (Phi) is 3.71. The summed E-state index contributed by atoms with van der Waals surface area (Å²) in [5.74, 6) is 0.0794. The third-order valence-electron chi connectivity index (χ3n) is 4.59. The summed E-state index contributed by atoms with van der Waals surface area (Å²) in [6.45, 7) is 4.39. The maximum Gasteiger partial charge on any atom is 0.262 e. The van der Waals surface area contributed by atoms with Crippen molar-refractivity contribution >= 4 is 15.8 Å². The average Bonchev–Trinajstić information content (AvgIpc) is 2.77. The van der Waals surface area contributed by atoms with E-state index in [1.54, 1.807) is 11.4 Å². The zero-order valence-electron chi connectivity index (χ0n) is 12.6. The van der Waals surface area contributed by atoms with Crippen LogP contribution in [0.4, 0.5) is 5.82 Å². The number of nitrogens with zero attached hydrogens (tertiary/aromatic N) is 4. The molecule has 0 aliphatic carbocycles. The van der Waals surface area contributed by atoms with Crippen LogP contribution in [0.1, 0.15) is 26.2 Å². The van der Waals surface area contributed by atoms with Crippen LogP contribution in [0.2, 0.25) is 0 Å². The first kappa shape index (κ1) is 14.8. The van der Waals surface area contributed by atoms with Crippen molar-refractivity contribution in [1.82, 2.24) is 18.8 Å². The van der Waals surface area contributed by atoms with Crippen LogP contribution in [-0.2, 0) is 17.1 Å². The lowest BCUT2D eigenvalue weighted by Gasteiger charge is -2.46. The molecule has 0 spiro atoms. The maximum absolute atomic E-state index is 12.9. The second-order valence-corrected chi connectivity index (χ2v) is 7.92. The summed E-state index contributed by atoms with van der Waals surface area (Å²) >= 11 is 0. The molecule has 3 heterocycles. The number of fused-ring (bicyclic) bond motifs is 1. The van der Waals surface area contributed by atoms with Crippen molar-refractivity contribution < 1.29 is 8.42 Å². The molecule has 118 valence electrons. The summed E-state index contributed by atoms with van der Waals surface area (Å²) in [4.78, 5) is 6.33. The number of nitrogen functional groups attached to an aromatic ring is 1. The van der Waals surface area contributed by atoms with E-state index in [1.807, 2.05) is 6.92 Å². The smallest absolute Gasteiger partial charge is 0.262 e. The van der Waals surface area contributed by atoms with Gasteiger partial charge in [0.2, 0.25) is 0 Å². The Bertz CT molecular complexity index is 607. The predicted molar refractivity (Wildman–Crippen MR) is 80.2 cm³/mol. The normalized spacial score (nSPS) is 28.5. The summed E-state index contributed by atoms with van der Waals surface area (Å²) in [6.07, 6.45) is 4.91. The largest absolute Gasteiger partial charge is 0.381 e. The van der Waals surface area contributed by atoms with E-state index < -0.39 is 10.0 Å². The number of imidazole rings is 1. The number of rotatable bonds is 2. The number of aromatic nitrogens is 2. The Balaban J connectivity index is 1.92. The molecule has 2 saturated heterocycles. The fourth-order valence-corrected chi connectivity index (χ4v) is 5.38. The van der Waals surface area contributed by atoms with E-state index in [0.717, 1.165) is 19.5 Å². The molecule has 7 nitrogen and oxygen atoms in total. The number of nitrogens with two attached hydrogens (primary N) is 1. The first-order valence-corrected chi connectivity index (χ1v) is 8.88. The summed E-state index contributed by atoms with van der Waals surface area (Å²) in [5, 5.41) is 0.110. The van der Waals surface area contributed by atoms with Gasteiger partial charge in [-0.25, -0.2) is 13.4 Å². The van der Waals surface area contributed by atoms with E-state index in [1.165, 1.54) is 23.7 Å². The van der Waals surface area contributed by atoms with Crippen molar-refractivity contribution in [3.63, 3.8) is 0 Å². The summed E-state index contributed by atoms with van der Waals surface area (Å²) in [5.41, 5.74) is 5.76. The highest BCUT2D eigenvalue weighted by atomic mass is 32.2. The van der Waals surface area contributed by atoms with Crippen molar-refractivity contribution in [2.45, 2.75) is 43.3 Å².